The molecule has 2 aliphatic rings. The molecular weight excluding hydrogens is 224 g/mol. The Bertz CT molecular complexity index is 273. The second-order valence-corrected chi connectivity index (χ2v) is 6.36. The quantitative estimate of drug-likeness (QED) is 0.790. The zero-order valence-corrected chi connectivity index (χ0v) is 11.7. The van der Waals surface area contributed by atoms with Crippen molar-refractivity contribution < 1.29 is 4.79 Å². The van der Waals surface area contributed by atoms with E-state index in [1.807, 2.05) is 0 Å². The Morgan fingerprint density at radius 3 is 2.44 bits per heavy atom. The molecule has 0 aromatic carbocycles. The van der Waals surface area contributed by atoms with Gasteiger partial charge in [0.1, 0.15) is 0 Å². The van der Waals surface area contributed by atoms with Crippen LogP contribution in [0.25, 0.3) is 0 Å². The summed E-state index contributed by atoms with van der Waals surface area (Å²) in [6.45, 7) is 2.18. The summed E-state index contributed by atoms with van der Waals surface area (Å²) in [4.78, 5) is 12.0. The van der Waals surface area contributed by atoms with Crippen LogP contribution >= 0.6 is 0 Å². The van der Waals surface area contributed by atoms with Gasteiger partial charge in [-0.3, -0.25) is 4.79 Å². The molecule has 0 bridgehead atoms. The first-order valence-corrected chi connectivity index (χ1v) is 7.70. The molecule has 0 aliphatic heterocycles. The third kappa shape index (κ3) is 3.47. The Kier molecular flexibility index (Phi) is 4.66. The van der Waals surface area contributed by atoms with Crippen LogP contribution in [0.2, 0.25) is 0 Å². The zero-order valence-electron chi connectivity index (χ0n) is 11.7. The highest BCUT2D eigenvalue weighted by Gasteiger charge is 2.36. The lowest BCUT2D eigenvalue weighted by Gasteiger charge is -2.42. The summed E-state index contributed by atoms with van der Waals surface area (Å²) < 4.78 is 0. The molecule has 2 saturated carbocycles. The molecule has 0 heterocycles. The zero-order chi connectivity index (χ0) is 13.0. The maximum Gasteiger partial charge on any atom is 0.220 e. The monoisotopic (exact) mass is 252 g/mol. The molecule has 0 aromatic heterocycles. The summed E-state index contributed by atoms with van der Waals surface area (Å²) in [5.74, 6) is 1.00. The average molecular weight is 252 g/mol. The van der Waals surface area contributed by atoms with E-state index in [4.69, 9.17) is 5.73 Å². The standard InChI is InChI=1S/C15H28N2O/c1-2-15(10-3-11-15)17-14(18)9-6-12-4-7-13(16)8-5-12/h12-13H,2-11,16H2,1H3,(H,17,18). The third-order valence-electron chi connectivity index (χ3n) is 5.06. The van der Waals surface area contributed by atoms with E-state index in [0.717, 1.165) is 31.6 Å². The fourth-order valence-corrected chi connectivity index (χ4v) is 3.34. The lowest BCUT2D eigenvalue weighted by Crippen LogP contribution is -2.53. The molecule has 2 rings (SSSR count). The summed E-state index contributed by atoms with van der Waals surface area (Å²) >= 11 is 0. The average Bonchev–Trinajstić information content (AvgIpc) is 2.33. The summed E-state index contributed by atoms with van der Waals surface area (Å²) in [6, 6.07) is 0.411. The van der Waals surface area contributed by atoms with Crippen LogP contribution in [0.4, 0.5) is 0 Å². The Labute approximate surface area is 111 Å². The molecule has 2 aliphatic carbocycles. The molecule has 104 valence electrons. The van der Waals surface area contributed by atoms with E-state index in [9.17, 15) is 4.79 Å². The van der Waals surface area contributed by atoms with Crippen LogP contribution in [-0.2, 0) is 4.79 Å². The molecule has 0 spiro atoms. The molecule has 3 nitrogen and oxygen atoms in total. The molecule has 2 fully saturated rings. The SMILES string of the molecule is CCC1(NC(=O)CCC2CCC(N)CC2)CCC1. The van der Waals surface area contributed by atoms with E-state index in [0.29, 0.717) is 12.5 Å². The van der Waals surface area contributed by atoms with Gasteiger partial charge in [0.15, 0.2) is 0 Å². The summed E-state index contributed by atoms with van der Waals surface area (Å²) in [7, 11) is 0. The third-order valence-corrected chi connectivity index (χ3v) is 5.06. The first kappa shape index (κ1) is 13.9. The summed E-state index contributed by atoms with van der Waals surface area (Å²) in [5, 5.41) is 3.26. The van der Waals surface area contributed by atoms with Gasteiger partial charge in [0.05, 0.1) is 0 Å². The van der Waals surface area contributed by atoms with Gasteiger partial charge < -0.3 is 11.1 Å². The minimum atomic E-state index is 0.159. The predicted molar refractivity (Wildman–Crippen MR) is 74.2 cm³/mol. The molecule has 0 atom stereocenters. The molecule has 0 saturated heterocycles. The molecule has 0 aromatic rings. The fraction of sp³-hybridized carbons (Fsp3) is 0.933. The number of amides is 1. The number of nitrogens with one attached hydrogen (secondary N) is 1. The Balaban J connectivity index is 1.65. The van der Waals surface area contributed by atoms with Crippen LogP contribution in [-0.4, -0.2) is 17.5 Å². The molecule has 3 heteroatoms. The van der Waals surface area contributed by atoms with Crippen molar-refractivity contribution in [2.45, 2.75) is 82.7 Å². The van der Waals surface area contributed by atoms with Crippen LogP contribution in [0.1, 0.15) is 71.1 Å². The number of nitrogens with two attached hydrogens (primary N) is 1. The van der Waals surface area contributed by atoms with Gasteiger partial charge in [0.2, 0.25) is 5.91 Å². The van der Waals surface area contributed by atoms with E-state index < -0.39 is 0 Å². The highest BCUT2D eigenvalue weighted by molar-refractivity contribution is 5.76. The Morgan fingerprint density at radius 2 is 1.94 bits per heavy atom. The predicted octanol–water partition coefficient (Wildman–Crippen LogP) is 2.73. The van der Waals surface area contributed by atoms with Crippen molar-refractivity contribution >= 4 is 5.91 Å². The fourth-order valence-electron chi connectivity index (χ4n) is 3.34. The first-order valence-electron chi connectivity index (χ1n) is 7.70. The second-order valence-electron chi connectivity index (χ2n) is 6.36. The number of hydrogen-bond donors (Lipinski definition) is 2. The number of carbonyl (C=O) groups excluding carboxylic acids is 1. The van der Waals surface area contributed by atoms with Crippen LogP contribution < -0.4 is 11.1 Å². The number of hydrogen-bond acceptors (Lipinski definition) is 2. The Hall–Kier alpha value is -0.570. The highest BCUT2D eigenvalue weighted by atomic mass is 16.1. The maximum atomic E-state index is 12.0. The molecule has 0 unspecified atom stereocenters. The van der Waals surface area contributed by atoms with Gasteiger partial charge in [-0.15, -0.1) is 0 Å². The van der Waals surface area contributed by atoms with Crippen molar-refractivity contribution in [2.24, 2.45) is 11.7 Å². The highest BCUT2D eigenvalue weighted by Crippen LogP contribution is 2.35. The van der Waals surface area contributed by atoms with Crippen molar-refractivity contribution in [3.05, 3.63) is 0 Å². The van der Waals surface area contributed by atoms with Crippen LogP contribution in [0.15, 0.2) is 0 Å². The maximum absolute atomic E-state index is 12.0. The van der Waals surface area contributed by atoms with E-state index in [2.05, 4.69) is 12.2 Å². The van der Waals surface area contributed by atoms with Gasteiger partial charge in [-0.05, 0) is 63.7 Å². The van der Waals surface area contributed by atoms with Crippen molar-refractivity contribution in [3.8, 4) is 0 Å². The van der Waals surface area contributed by atoms with Gasteiger partial charge in [-0.2, -0.15) is 0 Å². The smallest absolute Gasteiger partial charge is 0.220 e. The van der Waals surface area contributed by atoms with Crippen molar-refractivity contribution in [1.29, 1.82) is 0 Å². The van der Waals surface area contributed by atoms with Crippen molar-refractivity contribution in [2.75, 3.05) is 0 Å². The number of carbonyl (C=O) groups is 1. The van der Waals surface area contributed by atoms with Gasteiger partial charge in [-0.1, -0.05) is 6.92 Å². The topological polar surface area (TPSA) is 55.1 Å². The first-order chi connectivity index (χ1) is 8.63. The van der Waals surface area contributed by atoms with E-state index in [1.54, 1.807) is 0 Å². The molecule has 0 radical (unpaired) electrons. The van der Waals surface area contributed by atoms with Gasteiger partial charge in [0.25, 0.3) is 0 Å². The van der Waals surface area contributed by atoms with E-state index in [1.165, 1.54) is 32.1 Å². The Morgan fingerprint density at radius 1 is 1.28 bits per heavy atom. The van der Waals surface area contributed by atoms with E-state index >= 15 is 0 Å². The van der Waals surface area contributed by atoms with Gasteiger partial charge in [0, 0.05) is 18.0 Å². The lowest BCUT2D eigenvalue weighted by atomic mass is 9.74. The summed E-state index contributed by atoms with van der Waals surface area (Å²) in [5.41, 5.74) is 6.06. The van der Waals surface area contributed by atoms with E-state index in [-0.39, 0.29) is 11.4 Å². The molecule has 18 heavy (non-hydrogen) atoms. The second kappa shape index (κ2) is 6.05. The minimum Gasteiger partial charge on any atom is -0.351 e. The molecule has 3 N–H and O–H groups in total. The number of rotatable bonds is 5. The largest absolute Gasteiger partial charge is 0.351 e. The van der Waals surface area contributed by atoms with Gasteiger partial charge in [-0.25, -0.2) is 0 Å². The minimum absolute atomic E-state index is 0.159. The summed E-state index contributed by atoms with van der Waals surface area (Å²) in [6.07, 6.45) is 11.2. The van der Waals surface area contributed by atoms with Crippen molar-refractivity contribution in [1.82, 2.24) is 5.32 Å². The molecular formula is C15H28N2O. The van der Waals surface area contributed by atoms with Gasteiger partial charge >= 0.3 is 0 Å². The van der Waals surface area contributed by atoms with Crippen LogP contribution in [0, 0.1) is 5.92 Å². The normalized spacial score (nSPS) is 30.6. The van der Waals surface area contributed by atoms with Crippen molar-refractivity contribution in [3.63, 3.8) is 0 Å². The lowest BCUT2D eigenvalue weighted by molar-refractivity contribution is -0.124. The molecule has 1 amide bonds. The van der Waals surface area contributed by atoms with Crippen LogP contribution in [0.5, 0.6) is 0 Å². The van der Waals surface area contributed by atoms with Crippen LogP contribution in [0.3, 0.4) is 0 Å².